The molecule has 21 heavy (non-hydrogen) atoms. The second-order valence-corrected chi connectivity index (χ2v) is 5.43. The molecule has 1 fully saturated rings. The molecule has 2 atom stereocenters. The van der Waals surface area contributed by atoms with Gasteiger partial charge in [0.25, 0.3) is 5.91 Å². The SMILES string of the molecule is C[C@@H]1CN(C(=O)CCNC(=O)c2ccccc2)C[C@H](C)O1. The van der Waals surface area contributed by atoms with Gasteiger partial charge in [-0.3, -0.25) is 9.59 Å². The maximum Gasteiger partial charge on any atom is 0.251 e. The summed E-state index contributed by atoms with van der Waals surface area (Å²) in [6, 6.07) is 9.00. The first-order valence-electron chi connectivity index (χ1n) is 7.32. The topological polar surface area (TPSA) is 58.6 Å². The predicted molar refractivity (Wildman–Crippen MR) is 80.0 cm³/mol. The number of nitrogens with zero attached hydrogens (tertiary/aromatic N) is 1. The first kappa shape index (κ1) is 15.5. The van der Waals surface area contributed by atoms with E-state index >= 15 is 0 Å². The molecule has 0 spiro atoms. The number of benzene rings is 1. The third-order valence-corrected chi connectivity index (χ3v) is 3.43. The van der Waals surface area contributed by atoms with Crippen LogP contribution in [0.1, 0.15) is 30.6 Å². The summed E-state index contributed by atoms with van der Waals surface area (Å²) in [6.07, 6.45) is 0.450. The van der Waals surface area contributed by atoms with Gasteiger partial charge in [-0.15, -0.1) is 0 Å². The quantitative estimate of drug-likeness (QED) is 0.913. The molecule has 1 saturated heterocycles. The number of morpholine rings is 1. The minimum atomic E-state index is -0.146. The second kappa shape index (κ2) is 7.22. The number of hydrogen-bond acceptors (Lipinski definition) is 3. The molecular formula is C16H22N2O3. The molecule has 1 aliphatic rings. The Labute approximate surface area is 125 Å². The Balaban J connectivity index is 1.75. The van der Waals surface area contributed by atoms with Gasteiger partial charge in [0.15, 0.2) is 0 Å². The first-order chi connectivity index (χ1) is 10.1. The van der Waals surface area contributed by atoms with E-state index in [0.717, 1.165) is 0 Å². The van der Waals surface area contributed by atoms with Crippen LogP contribution >= 0.6 is 0 Å². The molecule has 5 nitrogen and oxygen atoms in total. The van der Waals surface area contributed by atoms with Crippen LogP contribution in [-0.2, 0) is 9.53 Å². The lowest BCUT2D eigenvalue weighted by Crippen LogP contribution is -2.48. The van der Waals surface area contributed by atoms with Gasteiger partial charge in [0.1, 0.15) is 0 Å². The van der Waals surface area contributed by atoms with Gasteiger partial charge in [-0.1, -0.05) is 18.2 Å². The van der Waals surface area contributed by atoms with Gasteiger partial charge >= 0.3 is 0 Å². The summed E-state index contributed by atoms with van der Waals surface area (Å²) in [5.41, 5.74) is 0.610. The molecule has 1 N–H and O–H groups in total. The van der Waals surface area contributed by atoms with Crippen molar-refractivity contribution < 1.29 is 14.3 Å². The molecule has 1 aliphatic heterocycles. The van der Waals surface area contributed by atoms with Crippen molar-refractivity contribution in [2.45, 2.75) is 32.5 Å². The highest BCUT2D eigenvalue weighted by molar-refractivity contribution is 5.94. The molecule has 0 radical (unpaired) electrons. The van der Waals surface area contributed by atoms with Gasteiger partial charge in [0, 0.05) is 31.6 Å². The van der Waals surface area contributed by atoms with Crippen molar-refractivity contribution in [3.05, 3.63) is 35.9 Å². The lowest BCUT2D eigenvalue weighted by atomic mass is 10.2. The van der Waals surface area contributed by atoms with E-state index in [1.807, 2.05) is 36.9 Å². The number of nitrogens with one attached hydrogen (secondary N) is 1. The summed E-state index contributed by atoms with van der Waals surface area (Å²) >= 11 is 0. The smallest absolute Gasteiger partial charge is 0.251 e. The highest BCUT2D eigenvalue weighted by Gasteiger charge is 2.25. The van der Waals surface area contributed by atoms with Crippen molar-refractivity contribution in [1.29, 1.82) is 0 Å². The standard InChI is InChI=1S/C16H22N2O3/c1-12-10-18(11-13(2)21-12)15(19)8-9-17-16(20)14-6-4-3-5-7-14/h3-7,12-13H,8-11H2,1-2H3,(H,17,20)/t12-,13+. The van der Waals surface area contributed by atoms with Crippen LogP contribution in [0.3, 0.4) is 0 Å². The Morgan fingerprint density at radius 3 is 2.43 bits per heavy atom. The van der Waals surface area contributed by atoms with Gasteiger partial charge in [0.05, 0.1) is 12.2 Å². The van der Waals surface area contributed by atoms with E-state index in [4.69, 9.17) is 4.74 Å². The van der Waals surface area contributed by atoms with E-state index in [1.165, 1.54) is 0 Å². The fourth-order valence-electron chi connectivity index (χ4n) is 2.51. The number of carbonyl (C=O) groups is 2. The monoisotopic (exact) mass is 290 g/mol. The highest BCUT2D eigenvalue weighted by atomic mass is 16.5. The Bertz CT molecular complexity index is 480. The normalized spacial score (nSPS) is 21.9. The first-order valence-corrected chi connectivity index (χ1v) is 7.32. The van der Waals surface area contributed by atoms with E-state index in [2.05, 4.69) is 5.32 Å². The lowest BCUT2D eigenvalue weighted by molar-refractivity contribution is -0.143. The molecule has 5 heteroatoms. The number of carbonyl (C=O) groups excluding carboxylic acids is 2. The van der Waals surface area contributed by atoms with Crippen molar-refractivity contribution in [3.8, 4) is 0 Å². The molecule has 0 aromatic heterocycles. The van der Waals surface area contributed by atoms with E-state index in [1.54, 1.807) is 12.1 Å². The molecule has 2 rings (SSSR count). The molecule has 0 saturated carbocycles. The van der Waals surface area contributed by atoms with Crippen LogP contribution in [0, 0.1) is 0 Å². The van der Waals surface area contributed by atoms with E-state index in [0.29, 0.717) is 31.6 Å². The van der Waals surface area contributed by atoms with Crippen LogP contribution in [0.25, 0.3) is 0 Å². The minimum absolute atomic E-state index is 0.0605. The minimum Gasteiger partial charge on any atom is -0.372 e. The number of amides is 2. The lowest BCUT2D eigenvalue weighted by Gasteiger charge is -2.35. The molecular weight excluding hydrogens is 268 g/mol. The third-order valence-electron chi connectivity index (χ3n) is 3.43. The molecule has 114 valence electrons. The van der Waals surface area contributed by atoms with Gasteiger partial charge in [-0.25, -0.2) is 0 Å². The van der Waals surface area contributed by atoms with Crippen LogP contribution in [0.4, 0.5) is 0 Å². The molecule has 0 unspecified atom stereocenters. The van der Waals surface area contributed by atoms with Gasteiger partial charge in [0.2, 0.25) is 5.91 Å². The summed E-state index contributed by atoms with van der Waals surface area (Å²) in [7, 11) is 0. The van der Waals surface area contributed by atoms with Crippen molar-refractivity contribution in [2.24, 2.45) is 0 Å². The Hall–Kier alpha value is -1.88. The summed E-state index contributed by atoms with van der Waals surface area (Å²) in [5.74, 6) is -0.0857. The van der Waals surface area contributed by atoms with Crippen LogP contribution < -0.4 is 5.32 Å². The van der Waals surface area contributed by atoms with Gasteiger partial charge in [-0.05, 0) is 26.0 Å². The predicted octanol–water partition coefficient (Wildman–Crippen LogP) is 1.44. The molecule has 1 aromatic rings. The zero-order chi connectivity index (χ0) is 15.2. The van der Waals surface area contributed by atoms with E-state index in [-0.39, 0.29) is 24.0 Å². The molecule has 1 heterocycles. The molecule has 1 aromatic carbocycles. The molecule has 0 aliphatic carbocycles. The van der Waals surface area contributed by atoms with Crippen LogP contribution in [-0.4, -0.2) is 48.6 Å². The van der Waals surface area contributed by atoms with Crippen LogP contribution in [0.15, 0.2) is 30.3 Å². The zero-order valence-corrected chi connectivity index (χ0v) is 12.5. The second-order valence-electron chi connectivity index (χ2n) is 5.43. The summed E-state index contributed by atoms with van der Waals surface area (Å²) in [5, 5.41) is 2.77. The number of ether oxygens (including phenoxy) is 1. The van der Waals surface area contributed by atoms with Crippen LogP contribution in [0.5, 0.6) is 0 Å². The van der Waals surface area contributed by atoms with Gasteiger partial charge in [-0.2, -0.15) is 0 Å². The summed E-state index contributed by atoms with van der Waals surface area (Å²) in [6.45, 7) is 5.53. The van der Waals surface area contributed by atoms with Crippen LogP contribution in [0.2, 0.25) is 0 Å². The van der Waals surface area contributed by atoms with Crippen molar-refractivity contribution >= 4 is 11.8 Å². The molecule has 0 bridgehead atoms. The summed E-state index contributed by atoms with van der Waals surface area (Å²) in [4.78, 5) is 25.8. The molecule has 2 amide bonds. The third kappa shape index (κ3) is 4.56. The Kier molecular flexibility index (Phi) is 5.33. The van der Waals surface area contributed by atoms with Gasteiger partial charge < -0.3 is 15.0 Å². The highest BCUT2D eigenvalue weighted by Crippen LogP contribution is 2.11. The maximum absolute atomic E-state index is 12.1. The van der Waals surface area contributed by atoms with Crippen molar-refractivity contribution in [1.82, 2.24) is 10.2 Å². The van der Waals surface area contributed by atoms with Crippen molar-refractivity contribution in [3.63, 3.8) is 0 Å². The summed E-state index contributed by atoms with van der Waals surface area (Å²) < 4.78 is 5.60. The Morgan fingerprint density at radius 1 is 1.19 bits per heavy atom. The average Bonchev–Trinajstić information content (AvgIpc) is 2.47. The Morgan fingerprint density at radius 2 is 1.81 bits per heavy atom. The zero-order valence-electron chi connectivity index (χ0n) is 12.5. The van der Waals surface area contributed by atoms with E-state index < -0.39 is 0 Å². The van der Waals surface area contributed by atoms with E-state index in [9.17, 15) is 9.59 Å². The largest absolute Gasteiger partial charge is 0.372 e. The number of rotatable bonds is 4. The fraction of sp³-hybridized carbons (Fsp3) is 0.500. The number of hydrogen-bond donors (Lipinski definition) is 1. The fourth-order valence-corrected chi connectivity index (χ4v) is 2.51. The van der Waals surface area contributed by atoms with Crippen molar-refractivity contribution in [2.75, 3.05) is 19.6 Å². The maximum atomic E-state index is 12.1. The average molecular weight is 290 g/mol.